The first kappa shape index (κ1) is 32.4. The average Bonchev–Trinajstić information content (AvgIpc) is 3.82. The fraction of sp³-hybridized carbons (Fsp3) is 0.211. The van der Waals surface area contributed by atoms with Crippen molar-refractivity contribution in [3.63, 3.8) is 0 Å². The number of ketones is 1. The van der Waals surface area contributed by atoms with Crippen LogP contribution >= 0.6 is 23.1 Å². The van der Waals surface area contributed by atoms with Crippen molar-refractivity contribution in [1.82, 2.24) is 10.2 Å². The van der Waals surface area contributed by atoms with Crippen LogP contribution in [0.1, 0.15) is 47.7 Å². The molecule has 0 saturated carbocycles. The lowest BCUT2D eigenvalue weighted by Gasteiger charge is -2.24. The Balaban J connectivity index is 1.28. The quantitative estimate of drug-likeness (QED) is 0.0489. The number of hydrogen-bond acceptors (Lipinski definition) is 10. The van der Waals surface area contributed by atoms with Crippen LogP contribution in [0.2, 0.25) is 0 Å². The molecule has 2 atom stereocenters. The van der Waals surface area contributed by atoms with Crippen molar-refractivity contribution in [2.24, 2.45) is 0 Å². The molecule has 1 amide bonds. The second-order valence-corrected chi connectivity index (χ2v) is 13.8. The van der Waals surface area contributed by atoms with Crippen molar-refractivity contribution in [2.45, 2.75) is 49.1 Å². The molecule has 9 nitrogen and oxygen atoms in total. The molecule has 49 heavy (non-hydrogen) atoms. The second kappa shape index (κ2) is 14.2. The van der Waals surface area contributed by atoms with Gasteiger partial charge in [0.25, 0.3) is 5.78 Å². The van der Waals surface area contributed by atoms with Crippen LogP contribution < -0.4 is 19.1 Å². The maximum atomic E-state index is 13.9. The van der Waals surface area contributed by atoms with Crippen LogP contribution in [0.25, 0.3) is 5.76 Å². The lowest BCUT2D eigenvalue weighted by molar-refractivity contribution is -0.132. The van der Waals surface area contributed by atoms with Gasteiger partial charge in [-0.25, -0.2) is 0 Å². The molecule has 2 unspecified atom stereocenters. The molecular formula is C38H33N3O6S2. The topological polar surface area (TPSA) is 111 Å². The van der Waals surface area contributed by atoms with Gasteiger partial charge in [0.1, 0.15) is 24.2 Å². The minimum absolute atomic E-state index is 0.00365. The number of thioether (sulfide) groups is 1. The van der Waals surface area contributed by atoms with Crippen LogP contribution in [-0.4, -0.2) is 39.7 Å². The van der Waals surface area contributed by atoms with Crippen LogP contribution in [0.15, 0.2) is 107 Å². The summed E-state index contributed by atoms with van der Waals surface area (Å²) in [6, 6.07) is 29.4. The lowest BCUT2D eigenvalue weighted by atomic mass is 9.94. The van der Waals surface area contributed by atoms with Crippen molar-refractivity contribution < 1.29 is 28.9 Å². The Kier molecular flexibility index (Phi) is 9.36. The van der Waals surface area contributed by atoms with E-state index in [1.165, 1.54) is 28.0 Å². The number of aliphatic hydroxyl groups excluding tert-OH is 1. The lowest BCUT2D eigenvalue weighted by Crippen LogP contribution is -2.29. The minimum atomic E-state index is -1.01. The maximum Gasteiger partial charge on any atom is 0.301 e. The van der Waals surface area contributed by atoms with E-state index in [-0.39, 0.29) is 22.6 Å². The first-order chi connectivity index (χ1) is 23.9. The number of carbonyl (C=O) groups is 2. The summed E-state index contributed by atoms with van der Waals surface area (Å²) in [5.41, 5.74) is 3.95. The van der Waals surface area contributed by atoms with E-state index >= 15 is 0 Å². The molecule has 2 aliphatic rings. The summed E-state index contributed by atoms with van der Waals surface area (Å²) in [7, 11) is 0. The fourth-order valence-electron chi connectivity index (χ4n) is 5.97. The SMILES string of the molecule is CCOc1cc(C2/C(=C(\O)c3ccc4c(c3)CC(C)O4)C(=O)C(=O)N2c2nnc(SCc3ccccc3)s2)ccc1OCc1ccccc1. The third-order valence-corrected chi connectivity index (χ3v) is 10.4. The Bertz CT molecular complexity index is 2030. The van der Waals surface area contributed by atoms with Gasteiger partial charge in [0.15, 0.2) is 15.8 Å². The van der Waals surface area contributed by atoms with Crippen LogP contribution in [-0.2, 0) is 28.4 Å². The zero-order valence-electron chi connectivity index (χ0n) is 26.9. The zero-order chi connectivity index (χ0) is 33.9. The second-order valence-electron chi connectivity index (χ2n) is 11.7. The highest BCUT2D eigenvalue weighted by atomic mass is 32.2. The van der Waals surface area contributed by atoms with Gasteiger partial charge in [-0.3, -0.25) is 14.5 Å². The van der Waals surface area contributed by atoms with Crippen LogP contribution in [0, 0.1) is 0 Å². The van der Waals surface area contributed by atoms with Gasteiger partial charge in [-0.1, -0.05) is 89.8 Å². The molecule has 7 rings (SSSR count). The Morgan fingerprint density at radius 2 is 1.69 bits per heavy atom. The van der Waals surface area contributed by atoms with Crippen molar-refractivity contribution in [2.75, 3.05) is 11.5 Å². The van der Waals surface area contributed by atoms with Gasteiger partial charge in [0.2, 0.25) is 5.13 Å². The van der Waals surface area contributed by atoms with Gasteiger partial charge in [-0.05, 0) is 66.4 Å². The van der Waals surface area contributed by atoms with Gasteiger partial charge in [-0.2, -0.15) is 0 Å². The van der Waals surface area contributed by atoms with E-state index in [1.807, 2.05) is 80.6 Å². The Hall–Kier alpha value is -5.13. The molecule has 3 heterocycles. The normalized spacial score (nSPS) is 18.0. The van der Waals surface area contributed by atoms with Crippen molar-refractivity contribution in [1.29, 1.82) is 0 Å². The van der Waals surface area contributed by atoms with Gasteiger partial charge in [0.05, 0.1) is 18.2 Å². The summed E-state index contributed by atoms with van der Waals surface area (Å²) in [6.45, 7) is 4.53. The number of fused-ring (bicyclic) bond motifs is 1. The summed E-state index contributed by atoms with van der Waals surface area (Å²) in [4.78, 5) is 29.1. The number of Topliss-reactive ketones (excluding diaryl/α,β-unsaturated/α-hetero) is 1. The number of aliphatic hydroxyl groups is 1. The predicted octanol–water partition coefficient (Wildman–Crippen LogP) is 7.76. The molecule has 1 aromatic heterocycles. The molecule has 11 heteroatoms. The molecule has 0 aliphatic carbocycles. The highest BCUT2D eigenvalue weighted by Gasteiger charge is 2.48. The third-order valence-electron chi connectivity index (χ3n) is 8.24. The highest BCUT2D eigenvalue weighted by molar-refractivity contribution is 8.00. The molecule has 0 radical (unpaired) electrons. The van der Waals surface area contributed by atoms with Gasteiger partial charge in [-0.15, -0.1) is 10.2 Å². The number of hydrogen-bond donors (Lipinski definition) is 1. The Labute approximate surface area is 292 Å². The Morgan fingerprint density at radius 1 is 0.939 bits per heavy atom. The summed E-state index contributed by atoms with van der Waals surface area (Å²) in [5.74, 6) is 0.463. The van der Waals surface area contributed by atoms with E-state index < -0.39 is 17.7 Å². The number of ether oxygens (including phenoxy) is 3. The van der Waals surface area contributed by atoms with E-state index in [2.05, 4.69) is 10.2 Å². The molecule has 0 bridgehead atoms. The average molecular weight is 692 g/mol. The van der Waals surface area contributed by atoms with Gasteiger partial charge < -0.3 is 19.3 Å². The standard InChI is InChI=1S/C38H33N3O6S2/c1-3-45-31-20-26(14-17-30(31)46-21-24-10-6-4-7-11-24)33-32(34(42)27-15-16-29-28(19-27)18-23(2)47-29)35(43)36(44)41(33)37-39-40-38(49-37)48-22-25-12-8-5-9-13-25/h4-17,19-20,23,33,42H,3,18,21-22H2,1-2H3/b34-32+. The maximum absolute atomic E-state index is 13.9. The molecule has 5 aromatic rings. The summed E-state index contributed by atoms with van der Waals surface area (Å²) in [5, 5.41) is 20.7. The van der Waals surface area contributed by atoms with E-state index in [4.69, 9.17) is 14.2 Å². The number of carbonyl (C=O) groups excluding carboxylic acids is 2. The number of benzene rings is 4. The van der Waals surface area contributed by atoms with Crippen LogP contribution in [0.5, 0.6) is 17.2 Å². The number of amides is 1. The van der Waals surface area contributed by atoms with E-state index in [9.17, 15) is 14.7 Å². The first-order valence-electron chi connectivity index (χ1n) is 15.9. The molecule has 248 valence electrons. The monoisotopic (exact) mass is 691 g/mol. The number of rotatable bonds is 11. The smallest absolute Gasteiger partial charge is 0.301 e. The summed E-state index contributed by atoms with van der Waals surface area (Å²) < 4.78 is 18.6. The van der Waals surface area contributed by atoms with E-state index in [1.54, 1.807) is 30.3 Å². The molecule has 4 aromatic carbocycles. The largest absolute Gasteiger partial charge is 0.507 e. The highest BCUT2D eigenvalue weighted by Crippen LogP contribution is 2.46. The van der Waals surface area contributed by atoms with Crippen LogP contribution in [0.4, 0.5) is 5.13 Å². The van der Waals surface area contributed by atoms with Gasteiger partial charge in [0, 0.05) is 17.7 Å². The summed E-state index contributed by atoms with van der Waals surface area (Å²) >= 11 is 2.71. The first-order valence-corrected chi connectivity index (χ1v) is 17.7. The molecular weight excluding hydrogens is 659 g/mol. The number of anilines is 1. The van der Waals surface area contributed by atoms with E-state index in [0.717, 1.165) is 22.4 Å². The molecule has 1 saturated heterocycles. The van der Waals surface area contributed by atoms with Crippen molar-refractivity contribution in [3.05, 3.63) is 130 Å². The Morgan fingerprint density at radius 3 is 2.45 bits per heavy atom. The number of nitrogens with zero attached hydrogens (tertiary/aromatic N) is 3. The molecule has 2 aliphatic heterocycles. The third kappa shape index (κ3) is 6.77. The van der Waals surface area contributed by atoms with Crippen molar-refractivity contribution >= 4 is 45.7 Å². The van der Waals surface area contributed by atoms with Gasteiger partial charge >= 0.3 is 5.91 Å². The molecule has 0 spiro atoms. The number of aromatic nitrogens is 2. The molecule has 1 N–H and O–H groups in total. The fourth-order valence-corrected chi connectivity index (χ4v) is 7.79. The summed E-state index contributed by atoms with van der Waals surface area (Å²) in [6.07, 6.45) is 0.675. The molecule has 1 fully saturated rings. The zero-order valence-corrected chi connectivity index (χ0v) is 28.5. The van der Waals surface area contributed by atoms with Crippen molar-refractivity contribution in [3.8, 4) is 17.2 Å². The minimum Gasteiger partial charge on any atom is -0.507 e. The predicted molar refractivity (Wildman–Crippen MR) is 189 cm³/mol. The van der Waals surface area contributed by atoms with E-state index in [0.29, 0.717) is 52.4 Å². The van der Waals surface area contributed by atoms with Crippen LogP contribution in [0.3, 0.4) is 0 Å².